The van der Waals surface area contributed by atoms with Crippen LogP contribution in [0.3, 0.4) is 0 Å². The normalized spacial score (nSPS) is 19.8. The fourth-order valence-electron chi connectivity index (χ4n) is 5.11. The third-order valence-corrected chi connectivity index (χ3v) is 7.31. The van der Waals surface area contributed by atoms with E-state index in [0.29, 0.717) is 16.3 Å². The number of anilines is 1. The van der Waals surface area contributed by atoms with Gasteiger partial charge >= 0.3 is 0 Å². The van der Waals surface area contributed by atoms with Crippen molar-refractivity contribution in [3.05, 3.63) is 58.9 Å². The minimum Gasteiger partial charge on any atom is -0.351 e. The van der Waals surface area contributed by atoms with Gasteiger partial charge in [0.1, 0.15) is 6.04 Å². The van der Waals surface area contributed by atoms with Crippen molar-refractivity contribution in [1.29, 1.82) is 0 Å². The lowest BCUT2D eigenvalue weighted by Gasteiger charge is -2.35. The molecule has 188 valence electrons. The van der Waals surface area contributed by atoms with E-state index in [0.717, 1.165) is 45.1 Å². The van der Waals surface area contributed by atoms with Gasteiger partial charge in [0.15, 0.2) is 0 Å². The van der Waals surface area contributed by atoms with Crippen molar-refractivity contribution in [3.8, 4) is 0 Å². The molecule has 0 bridgehead atoms. The van der Waals surface area contributed by atoms with Crippen LogP contribution in [0.1, 0.15) is 82.9 Å². The molecule has 1 saturated carbocycles. The predicted octanol–water partition coefficient (Wildman–Crippen LogP) is 5.31. The molecule has 4 rings (SSSR count). The molecule has 1 saturated heterocycles. The van der Waals surface area contributed by atoms with Gasteiger partial charge in [-0.1, -0.05) is 63.8 Å². The summed E-state index contributed by atoms with van der Waals surface area (Å²) < 4.78 is 0. The molecule has 2 aromatic rings. The quantitative estimate of drug-likeness (QED) is 0.568. The zero-order valence-electron chi connectivity index (χ0n) is 21.0. The lowest BCUT2D eigenvalue weighted by atomic mass is 9.87. The number of carbonyl (C=O) groups excluding carboxylic acids is 2. The predicted molar refractivity (Wildman–Crippen MR) is 141 cm³/mol. The molecule has 1 aliphatic heterocycles. The molecular weight excluding hydrogens is 460 g/mol. The molecule has 1 unspecified atom stereocenters. The van der Waals surface area contributed by atoms with Gasteiger partial charge in [0.05, 0.1) is 11.1 Å². The topological polar surface area (TPSA) is 74.3 Å². The van der Waals surface area contributed by atoms with Gasteiger partial charge in [-0.25, -0.2) is 0 Å². The van der Waals surface area contributed by atoms with Crippen LogP contribution in [0.25, 0.3) is 0 Å². The number of amides is 2. The number of aromatic nitrogens is 1. The van der Waals surface area contributed by atoms with Gasteiger partial charge in [-0.2, -0.15) is 0 Å². The number of hydrogen-bond acceptors (Lipinski definition) is 4. The molecule has 0 spiro atoms. The molecule has 2 N–H and O–H groups in total. The molecule has 2 heterocycles. The van der Waals surface area contributed by atoms with Crippen LogP contribution in [0.5, 0.6) is 0 Å². The smallest absolute Gasteiger partial charge is 0.248 e. The summed E-state index contributed by atoms with van der Waals surface area (Å²) in [6.45, 7) is 7.27. The first-order valence-corrected chi connectivity index (χ1v) is 13.2. The van der Waals surface area contributed by atoms with Crippen LogP contribution in [-0.4, -0.2) is 35.4 Å². The Bertz CT molecular complexity index is 1020. The van der Waals surface area contributed by atoms with E-state index in [4.69, 9.17) is 11.6 Å². The summed E-state index contributed by atoms with van der Waals surface area (Å²) in [5.41, 5.74) is 2.45. The minimum atomic E-state index is -0.862. The Balaban J connectivity index is 1.76. The van der Waals surface area contributed by atoms with Gasteiger partial charge in [0.25, 0.3) is 0 Å². The second-order valence-corrected chi connectivity index (χ2v) is 11.3. The van der Waals surface area contributed by atoms with Gasteiger partial charge in [-0.3, -0.25) is 19.5 Å². The molecule has 0 radical (unpaired) electrons. The van der Waals surface area contributed by atoms with E-state index in [1.165, 1.54) is 12.0 Å². The van der Waals surface area contributed by atoms with Gasteiger partial charge < -0.3 is 10.6 Å². The highest BCUT2D eigenvalue weighted by molar-refractivity contribution is 6.30. The molecule has 35 heavy (non-hydrogen) atoms. The van der Waals surface area contributed by atoms with Crippen LogP contribution in [0, 0.1) is 0 Å². The third-order valence-electron chi connectivity index (χ3n) is 7.11. The van der Waals surface area contributed by atoms with Gasteiger partial charge in [-0.05, 0) is 61.4 Å². The van der Waals surface area contributed by atoms with Crippen molar-refractivity contribution in [3.63, 3.8) is 0 Å². The van der Waals surface area contributed by atoms with E-state index >= 15 is 0 Å². The summed E-state index contributed by atoms with van der Waals surface area (Å²) in [7, 11) is 0. The standard InChI is InChI=1S/C28H37ClN4O2/c1-28(2,3)20-11-13-23(14-12-20)33(27(35)24-10-7-15-31-24)25(19-16-21(29)18-30-17-19)26(34)32-22-8-5-4-6-9-22/h11-14,16-18,22,24-25,31H,4-10,15H2,1-3H3,(H,32,34)/t24-,25?/m1/s1. The lowest BCUT2D eigenvalue weighted by molar-refractivity contribution is -0.128. The molecule has 6 nitrogen and oxygen atoms in total. The third kappa shape index (κ3) is 6.22. The highest BCUT2D eigenvalue weighted by atomic mass is 35.5. The Morgan fingerprint density at radius 3 is 2.37 bits per heavy atom. The first-order valence-electron chi connectivity index (χ1n) is 12.8. The van der Waals surface area contributed by atoms with Crippen molar-refractivity contribution >= 4 is 29.1 Å². The monoisotopic (exact) mass is 496 g/mol. The first-order chi connectivity index (χ1) is 16.7. The van der Waals surface area contributed by atoms with Crippen molar-refractivity contribution in [2.45, 2.75) is 89.3 Å². The lowest BCUT2D eigenvalue weighted by Crippen LogP contribution is -2.51. The Morgan fingerprint density at radius 1 is 1.06 bits per heavy atom. The maximum absolute atomic E-state index is 14.0. The number of rotatable bonds is 6. The number of nitrogens with one attached hydrogen (secondary N) is 2. The van der Waals surface area contributed by atoms with Crippen LogP contribution in [0.2, 0.25) is 5.02 Å². The summed E-state index contributed by atoms with van der Waals surface area (Å²) in [5, 5.41) is 7.00. The maximum atomic E-state index is 14.0. The Labute approximate surface area is 213 Å². The second-order valence-electron chi connectivity index (χ2n) is 10.8. The number of nitrogens with zero attached hydrogens (tertiary/aromatic N) is 2. The van der Waals surface area contributed by atoms with Crippen LogP contribution < -0.4 is 15.5 Å². The largest absolute Gasteiger partial charge is 0.351 e. The molecule has 2 fully saturated rings. The molecule has 2 aliphatic rings. The summed E-state index contributed by atoms with van der Waals surface area (Å²) >= 11 is 6.30. The minimum absolute atomic E-state index is 0.0188. The average molecular weight is 497 g/mol. The molecule has 1 aromatic carbocycles. The molecule has 7 heteroatoms. The van der Waals surface area contributed by atoms with E-state index in [2.05, 4.69) is 36.4 Å². The Hall–Kier alpha value is -2.44. The van der Waals surface area contributed by atoms with Crippen LogP contribution in [-0.2, 0) is 15.0 Å². The summed E-state index contributed by atoms with van der Waals surface area (Å²) in [6, 6.07) is 8.67. The number of benzene rings is 1. The van der Waals surface area contributed by atoms with Crippen LogP contribution in [0.4, 0.5) is 5.69 Å². The highest BCUT2D eigenvalue weighted by Crippen LogP contribution is 2.33. The molecule has 2 amide bonds. The summed E-state index contributed by atoms with van der Waals surface area (Å²) in [5.74, 6) is -0.290. The SMILES string of the molecule is CC(C)(C)c1ccc(N(C(=O)[C@H]2CCCN2)C(C(=O)NC2CCCCC2)c2cncc(Cl)c2)cc1. The second kappa shape index (κ2) is 11.1. The molecular formula is C28H37ClN4O2. The van der Waals surface area contributed by atoms with Gasteiger partial charge in [-0.15, -0.1) is 0 Å². The van der Waals surface area contributed by atoms with Crippen molar-refractivity contribution in [2.24, 2.45) is 0 Å². The number of pyridine rings is 1. The fraction of sp³-hybridized carbons (Fsp3) is 0.536. The zero-order chi connectivity index (χ0) is 25.0. The molecule has 1 aliphatic carbocycles. The van der Waals surface area contributed by atoms with Gasteiger partial charge in [0.2, 0.25) is 11.8 Å². The Morgan fingerprint density at radius 2 is 1.77 bits per heavy atom. The highest BCUT2D eigenvalue weighted by Gasteiger charge is 2.38. The van der Waals surface area contributed by atoms with Crippen LogP contribution >= 0.6 is 11.6 Å². The van der Waals surface area contributed by atoms with E-state index in [1.54, 1.807) is 23.4 Å². The van der Waals surface area contributed by atoms with Crippen molar-refractivity contribution in [2.75, 3.05) is 11.4 Å². The van der Waals surface area contributed by atoms with E-state index in [1.807, 2.05) is 24.3 Å². The van der Waals surface area contributed by atoms with Crippen molar-refractivity contribution in [1.82, 2.24) is 15.6 Å². The summed E-state index contributed by atoms with van der Waals surface area (Å²) in [6.07, 6.45) is 10.2. The number of halogens is 1. The van der Waals surface area contributed by atoms with E-state index in [9.17, 15) is 9.59 Å². The average Bonchev–Trinajstić information content (AvgIpc) is 3.37. The van der Waals surface area contributed by atoms with Crippen LogP contribution in [0.15, 0.2) is 42.7 Å². The summed E-state index contributed by atoms with van der Waals surface area (Å²) in [4.78, 5) is 33.7. The first kappa shape index (κ1) is 25.6. The van der Waals surface area contributed by atoms with Gasteiger partial charge in [0, 0.05) is 29.7 Å². The Kier molecular flexibility index (Phi) is 8.12. The van der Waals surface area contributed by atoms with Crippen molar-refractivity contribution < 1.29 is 9.59 Å². The molecule has 2 atom stereocenters. The maximum Gasteiger partial charge on any atom is 0.248 e. The number of carbonyl (C=O) groups is 2. The fourth-order valence-corrected chi connectivity index (χ4v) is 5.29. The number of hydrogen-bond donors (Lipinski definition) is 2. The molecule has 1 aromatic heterocycles. The van der Waals surface area contributed by atoms with E-state index in [-0.39, 0.29) is 29.3 Å². The van der Waals surface area contributed by atoms with E-state index < -0.39 is 6.04 Å². The zero-order valence-corrected chi connectivity index (χ0v) is 21.8.